The third-order valence-electron chi connectivity index (χ3n) is 6.71. The van der Waals surface area contributed by atoms with Crippen LogP contribution in [-0.2, 0) is 4.79 Å². The predicted molar refractivity (Wildman–Crippen MR) is 146 cm³/mol. The largest absolute Gasteiger partial charge is 0.493 e. The molecule has 1 saturated heterocycles. The topological polar surface area (TPSA) is 105 Å². The van der Waals surface area contributed by atoms with Crippen LogP contribution in [0.4, 0.5) is 23.5 Å². The number of carbonyl (C=O) groups excluding carboxylic acids is 1. The van der Waals surface area contributed by atoms with E-state index < -0.39 is 0 Å². The average molecular weight is 516 g/mol. The Bertz CT molecular complexity index is 1020. The fourth-order valence-corrected chi connectivity index (χ4v) is 4.64. The minimum atomic E-state index is -0.0751. The van der Waals surface area contributed by atoms with E-state index in [1.165, 1.54) is 0 Å². The van der Waals surface area contributed by atoms with Gasteiger partial charge in [-0.3, -0.25) is 4.79 Å². The quantitative estimate of drug-likeness (QED) is 0.451. The van der Waals surface area contributed by atoms with Gasteiger partial charge >= 0.3 is 0 Å². The Morgan fingerprint density at radius 3 is 2.16 bits per heavy atom. The highest BCUT2D eigenvalue weighted by atomic mass is 16.5. The minimum Gasteiger partial charge on any atom is -0.493 e. The maximum Gasteiger partial charge on any atom is 0.233 e. The number of amides is 1. The fourth-order valence-electron chi connectivity index (χ4n) is 4.64. The number of piperidine rings is 1. The molecule has 1 fully saturated rings. The van der Waals surface area contributed by atoms with Crippen LogP contribution in [0.5, 0.6) is 17.2 Å². The van der Waals surface area contributed by atoms with Crippen LogP contribution in [0.1, 0.15) is 40.5 Å². The molecule has 2 heterocycles. The highest BCUT2D eigenvalue weighted by Crippen LogP contribution is 2.40. The summed E-state index contributed by atoms with van der Waals surface area (Å²) >= 11 is 0. The molecule has 1 aliphatic rings. The third-order valence-corrected chi connectivity index (χ3v) is 6.71. The monoisotopic (exact) mass is 515 g/mol. The summed E-state index contributed by atoms with van der Waals surface area (Å²) in [5, 5.41) is 3.29. The van der Waals surface area contributed by atoms with Crippen LogP contribution < -0.4 is 29.3 Å². The summed E-state index contributed by atoms with van der Waals surface area (Å²) in [5.41, 5.74) is 0.686. The van der Waals surface area contributed by atoms with E-state index in [9.17, 15) is 4.79 Å². The highest BCUT2D eigenvalue weighted by Gasteiger charge is 2.30. The summed E-state index contributed by atoms with van der Waals surface area (Å²) in [6, 6.07) is 3.61. The summed E-state index contributed by atoms with van der Waals surface area (Å²) in [6.07, 6.45) is 1.77. The summed E-state index contributed by atoms with van der Waals surface area (Å²) in [4.78, 5) is 33.4. The zero-order chi connectivity index (χ0) is 26.9. The van der Waals surface area contributed by atoms with Crippen molar-refractivity contribution in [2.75, 3.05) is 75.7 Å². The van der Waals surface area contributed by atoms with Gasteiger partial charge in [0.1, 0.15) is 0 Å². The van der Waals surface area contributed by atoms with Crippen LogP contribution in [0.25, 0.3) is 0 Å². The molecule has 11 nitrogen and oxygen atoms in total. The number of benzene rings is 1. The Hall–Kier alpha value is -3.50. The number of hydrogen-bond acceptors (Lipinski definition) is 10. The van der Waals surface area contributed by atoms with Gasteiger partial charge in [-0.1, -0.05) is 0 Å². The SMILES string of the molecule is CCN(CC)C(=O)C1CCCN(c2nc(Nc3cc(OC)c(OC)c(OC)c3)nc(N(CC)CC)n2)C1. The van der Waals surface area contributed by atoms with Gasteiger partial charge in [-0.15, -0.1) is 0 Å². The number of ether oxygens (including phenoxy) is 3. The van der Waals surface area contributed by atoms with Crippen molar-refractivity contribution in [1.82, 2.24) is 19.9 Å². The zero-order valence-electron chi connectivity index (χ0n) is 23.2. The summed E-state index contributed by atoms with van der Waals surface area (Å²) in [5.74, 6) is 3.22. The van der Waals surface area contributed by atoms with Gasteiger partial charge in [-0.05, 0) is 40.5 Å². The molecule has 1 atom stereocenters. The lowest BCUT2D eigenvalue weighted by molar-refractivity contribution is -0.135. The van der Waals surface area contributed by atoms with E-state index in [4.69, 9.17) is 29.2 Å². The molecule has 1 unspecified atom stereocenters. The normalized spacial score (nSPS) is 15.2. The molecule has 0 saturated carbocycles. The number of rotatable bonds is 12. The van der Waals surface area contributed by atoms with E-state index >= 15 is 0 Å². The third kappa shape index (κ3) is 6.44. The molecule has 1 aromatic carbocycles. The van der Waals surface area contributed by atoms with Crippen LogP contribution >= 0.6 is 0 Å². The molecule has 1 N–H and O–H groups in total. The molecular formula is C26H41N7O4. The van der Waals surface area contributed by atoms with Crippen molar-refractivity contribution in [3.63, 3.8) is 0 Å². The molecule has 11 heteroatoms. The van der Waals surface area contributed by atoms with Crippen LogP contribution in [0.3, 0.4) is 0 Å². The standard InChI is InChI=1S/C26H41N7O4/c1-8-31(9-2)23(34)18-13-12-14-33(17-18)26-29-24(28-25(30-26)32(10-3)11-4)27-19-15-20(35-5)22(37-7)21(16-19)36-6/h15-16,18H,8-14,17H2,1-7H3,(H,27,28,29,30). The molecule has 1 aliphatic heterocycles. The molecule has 0 bridgehead atoms. The van der Waals surface area contributed by atoms with Crippen LogP contribution in [0, 0.1) is 5.92 Å². The van der Waals surface area contributed by atoms with Crippen LogP contribution in [0.2, 0.25) is 0 Å². The Morgan fingerprint density at radius 1 is 0.973 bits per heavy atom. The first-order valence-electron chi connectivity index (χ1n) is 13.0. The van der Waals surface area contributed by atoms with Crippen molar-refractivity contribution in [2.45, 2.75) is 40.5 Å². The molecule has 0 radical (unpaired) electrons. The maximum absolute atomic E-state index is 13.1. The van der Waals surface area contributed by atoms with E-state index in [0.29, 0.717) is 60.4 Å². The van der Waals surface area contributed by atoms with E-state index in [0.717, 1.165) is 32.5 Å². The van der Waals surface area contributed by atoms with Gasteiger partial charge in [0.05, 0.1) is 27.2 Å². The second-order valence-electron chi connectivity index (χ2n) is 8.77. The first-order valence-corrected chi connectivity index (χ1v) is 13.0. The number of anilines is 4. The lowest BCUT2D eigenvalue weighted by Gasteiger charge is -2.35. The van der Waals surface area contributed by atoms with Crippen molar-refractivity contribution < 1.29 is 19.0 Å². The predicted octanol–water partition coefficient (Wildman–Crippen LogP) is 3.57. The van der Waals surface area contributed by atoms with Gasteiger partial charge in [0.15, 0.2) is 11.5 Å². The zero-order valence-corrected chi connectivity index (χ0v) is 23.2. The van der Waals surface area contributed by atoms with E-state index in [2.05, 4.69) is 29.0 Å². The molecule has 0 aliphatic carbocycles. The lowest BCUT2D eigenvalue weighted by Crippen LogP contribution is -2.45. The number of hydrogen-bond donors (Lipinski definition) is 1. The lowest BCUT2D eigenvalue weighted by atomic mass is 9.96. The fraction of sp³-hybridized carbons (Fsp3) is 0.615. The second-order valence-corrected chi connectivity index (χ2v) is 8.77. The van der Waals surface area contributed by atoms with Gasteiger partial charge in [0.2, 0.25) is 29.5 Å². The van der Waals surface area contributed by atoms with Crippen LogP contribution in [-0.4, -0.2) is 86.4 Å². The molecule has 1 aromatic heterocycles. The Labute approximate surface area is 220 Å². The van der Waals surface area contributed by atoms with Crippen LogP contribution in [0.15, 0.2) is 12.1 Å². The first-order chi connectivity index (χ1) is 17.9. The summed E-state index contributed by atoms with van der Waals surface area (Å²) < 4.78 is 16.4. The van der Waals surface area contributed by atoms with Gasteiger partial charge in [0, 0.05) is 57.1 Å². The number of methoxy groups -OCH3 is 3. The van der Waals surface area contributed by atoms with Crippen molar-refractivity contribution >= 4 is 29.4 Å². The van der Waals surface area contributed by atoms with E-state index in [1.807, 2.05) is 30.9 Å². The molecule has 0 spiro atoms. The first kappa shape index (κ1) is 28.1. The van der Waals surface area contributed by atoms with E-state index in [1.54, 1.807) is 21.3 Å². The Balaban J connectivity index is 1.97. The molecule has 204 valence electrons. The summed E-state index contributed by atoms with van der Waals surface area (Å²) in [7, 11) is 4.72. The van der Waals surface area contributed by atoms with Crippen molar-refractivity contribution in [2.24, 2.45) is 5.92 Å². The molecule has 3 rings (SSSR count). The molecule has 37 heavy (non-hydrogen) atoms. The minimum absolute atomic E-state index is 0.0751. The Kier molecular flexibility index (Phi) is 9.99. The van der Waals surface area contributed by atoms with Gasteiger partial charge in [0.25, 0.3) is 0 Å². The van der Waals surface area contributed by atoms with Gasteiger partial charge in [-0.2, -0.15) is 15.0 Å². The smallest absolute Gasteiger partial charge is 0.233 e. The molecular weight excluding hydrogens is 474 g/mol. The number of carbonyl (C=O) groups is 1. The second kappa shape index (κ2) is 13.2. The number of nitrogens with zero attached hydrogens (tertiary/aromatic N) is 6. The molecule has 1 amide bonds. The van der Waals surface area contributed by atoms with Gasteiger partial charge in [-0.25, -0.2) is 0 Å². The summed E-state index contributed by atoms with van der Waals surface area (Å²) in [6.45, 7) is 12.5. The highest BCUT2D eigenvalue weighted by molar-refractivity contribution is 5.79. The van der Waals surface area contributed by atoms with Crippen molar-refractivity contribution in [3.05, 3.63) is 12.1 Å². The Morgan fingerprint density at radius 2 is 1.62 bits per heavy atom. The maximum atomic E-state index is 13.1. The van der Waals surface area contributed by atoms with Crippen molar-refractivity contribution in [3.8, 4) is 17.2 Å². The number of nitrogens with one attached hydrogen (secondary N) is 1. The van der Waals surface area contributed by atoms with Crippen molar-refractivity contribution in [1.29, 1.82) is 0 Å². The average Bonchev–Trinajstić information content (AvgIpc) is 2.93. The molecule has 2 aromatic rings. The van der Waals surface area contributed by atoms with Gasteiger partial charge < -0.3 is 34.2 Å². The number of aromatic nitrogens is 3. The van der Waals surface area contributed by atoms with E-state index in [-0.39, 0.29) is 11.8 Å².